The average Bonchev–Trinajstić information content (AvgIpc) is 3.04. The first-order valence-electron chi connectivity index (χ1n) is 19.2. The van der Waals surface area contributed by atoms with Crippen LogP contribution in [0.25, 0.3) is 0 Å². The second-order valence-corrected chi connectivity index (χ2v) is 16.5. The standard InChI is InChI=1S/C38H62N2O7/c1-5-38(3,4)37(45)47-31-16-10-12-24-17-19-29(28(33(24)31)20-18-27-21-26(41)22-32(42)46-27)35(43)40-34-23(2)11-9-15-30(34)36(44)39-25-13-7-6-8-14-25/h23-31,33-34,41H,5-22H2,1-4H3,(H,39,44)(H,40,43)/t23?,24-,26+,27+,28+,29-,30-,31-,33-,34?/m0/s1. The first-order chi connectivity index (χ1) is 22.5. The molecule has 0 aromatic rings. The molecule has 10 atom stereocenters. The van der Waals surface area contributed by atoms with Crippen molar-refractivity contribution in [2.24, 2.45) is 40.9 Å². The first kappa shape index (κ1) is 36.1. The van der Waals surface area contributed by atoms with Crippen LogP contribution in [0.2, 0.25) is 0 Å². The van der Waals surface area contributed by atoms with Crippen LogP contribution in [0.4, 0.5) is 0 Å². The highest BCUT2D eigenvalue weighted by Crippen LogP contribution is 2.50. The van der Waals surface area contributed by atoms with Crippen LogP contribution in [0.1, 0.15) is 143 Å². The molecule has 1 heterocycles. The van der Waals surface area contributed by atoms with Gasteiger partial charge in [0.05, 0.1) is 23.9 Å². The van der Waals surface area contributed by atoms with E-state index in [-0.39, 0.29) is 84.1 Å². The predicted octanol–water partition coefficient (Wildman–Crippen LogP) is 5.99. The van der Waals surface area contributed by atoms with Crippen LogP contribution in [-0.4, -0.2) is 59.3 Å². The molecule has 9 nitrogen and oxygen atoms in total. The molecule has 0 radical (unpaired) electrons. The fourth-order valence-corrected chi connectivity index (χ4v) is 9.60. The Labute approximate surface area is 282 Å². The highest BCUT2D eigenvalue weighted by molar-refractivity contribution is 5.83. The summed E-state index contributed by atoms with van der Waals surface area (Å²) in [5.74, 6) is -0.418. The van der Waals surface area contributed by atoms with Crippen molar-refractivity contribution in [2.45, 2.75) is 174 Å². The molecule has 2 unspecified atom stereocenters. The molecule has 0 aromatic carbocycles. The van der Waals surface area contributed by atoms with Gasteiger partial charge in [0.25, 0.3) is 0 Å². The summed E-state index contributed by atoms with van der Waals surface area (Å²) in [5.41, 5.74) is -0.579. The number of amides is 2. The van der Waals surface area contributed by atoms with E-state index >= 15 is 0 Å². The van der Waals surface area contributed by atoms with Crippen LogP contribution in [0.3, 0.4) is 0 Å². The minimum Gasteiger partial charge on any atom is -0.462 e. The second kappa shape index (κ2) is 16.0. The van der Waals surface area contributed by atoms with E-state index in [4.69, 9.17) is 9.47 Å². The van der Waals surface area contributed by atoms with E-state index in [1.165, 1.54) is 6.42 Å². The summed E-state index contributed by atoms with van der Waals surface area (Å²) in [6.45, 7) is 8.02. The predicted molar refractivity (Wildman–Crippen MR) is 179 cm³/mol. The third kappa shape index (κ3) is 8.90. The van der Waals surface area contributed by atoms with E-state index in [9.17, 15) is 24.3 Å². The monoisotopic (exact) mass is 658 g/mol. The zero-order valence-electron chi connectivity index (χ0n) is 29.5. The lowest BCUT2D eigenvalue weighted by Gasteiger charge is -2.49. The summed E-state index contributed by atoms with van der Waals surface area (Å²) in [4.78, 5) is 53.6. The van der Waals surface area contributed by atoms with Crippen LogP contribution < -0.4 is 10.6 Å². The molecule has 5 rings (SSSR count). The third-order valence-electron chi connectivity index (χ3n) is 12.8. The molecule has 0 aromatic heterocycles. The summed E-state index contributed by atoms with van der Waals surface area (Å²) < 4.78 is 12.0. The quantitative estimate of drug-likeness (QED) is 0.246. The number of fused-ring (bicyclic) bond motifs is 1. The molecule has 1 saturated heterocycles. The van der Waals surface area contributed by atoms with E-state index in [0.29, 0.717) is 31.6 Å². The number of esters is 2. The summed E-state index contributed by atoms with van der Waals surface area (Å²) in [5, 5.41) is 17.1. The Kier molecular flexibility index (Phi) is 12.3. The van der Waals surface area contributed by atoms with Gasteiger partial charge in [-0.2, -0.15) is 0 Å². The zero-order valence-corrected chi connectivity index (χ0v) is 29.5. The van der Waals surface area contributed by atoms with Crippen molar-refractivity contribution in [3.63, 3.8) is 0 Å². The lowest BCUT2D eigenvalue weighted by atomic mass is 9.59. The number of carbonyl (C=O) groups excluding carboxylic acids is 4. The molecule has 266 valence electrons. The van der Waals surface area contributed by atoms with Crippen molar-refractivity contribution in [1.82, 2.24) is 10.6 Å². The van der Waals surface area contributed by atoms with Crippen LogP contribution in [-0.2, 0) is 28.7 Å². The summed E-state index contributed by atoms with van der Waals surface area (Å²) in [6.07, 6.45) is 13.9. The normalized spacial score (nSPS) is 36.8. The number of ether oxygens (including phenoxy) is 2. The molecule has 0 bridgehead atoms. The fourth-order valence-electron chi connectivity index (χ4n) is 9.60. The highest BCUT2D eigenvalue weighted by atomic mass is 16.6. The molecule has 9 heteroatoms. The molecule has 4 saturated carbocycles. The van der Waals surface area contributed by atoms with Gasteiger partial charge < -0.3 is 25.2 Å². The average molecular weight is 659 g/mol. The van der Waals surface area contributed by atoms with Gasteiger partial charge in [0, 0.05) is 30.3 Å². The van der Waals surface area contributed by atoms with Gasteiger partial charge in [-0.15, -0.1) is 0 Å². The Bertz CT molecular complexity index is 1100. The maximum Gasteiger partial charge on any atom is 0.311 e. The fraction of sp³-hybridized carbons (Fsp3) is 0.895. The van der Waals surface area contributed by atoms with Gasteiger partial charge in [-0.1, -0.05) is 39.5 Å². The number of cyclic esters (lactones) is 1. The molecule has 1 aliphatic heterocycles. The maximum absolute atomic E-state index is 14.5. The molecule has 0 spiro atoms. The topological polar surface area (TPSA) is 131 Å². The number of aliphatic hydroxyl groups excluding tert-OH is 1. The van der Waals surface area contributed by atoms with Gasteiger partial charge in [-0.25, -0.2) is 0 Å². The number of nitrogens with one attached hydrogen (secondary N) is 2. The van der Waals surface area contributed by atoms with Gasteiger partial charge in [0.2, 0.25) is 11.8 Å². The first-order valence-corrected chi connectivity index (χ1v) is 19.2. The van der Waals surface area contributed by atoms with Crippen molar-refractivity contribution in [2.75, 3.05) is 0 Å². The maximum atomic E-state index is 14.5. The van der Waals surface area contributed by atoms with E-state index in [2.05, 4.69) is 17.6 Å². The van der Waals surface area contributed by atoms with E-state index in [1.807, 2.05) is 20.8 Å². The Hall–Kier alpha value is -2.16. The van der Waals surface area contributed by atoms with Crippen molar-refractivity contribution in [3.8, 4) is 0 Å². The number of rotatable bonds is 10. The second-order valence-electron chi connectivity index (χ2n) is 16.5. The number of carbonyl (C=O) groups is 4. The summed E-state index contributed by atoms with van der Waals surface area (Å²) in [6, 6.07) is 0.0264. The smallest absolute Gasteiger partial charge is 0.311 e. The molecule has 2 amide bonds. The highest BCUT2D eigenvalue weighted by Gasteiger charge is 2.50. The van der Waals surface area contributed by atoms with Crippen molar-refractivity contribution in [3.05, 3.63) is 0 Å². The van der Waals surface area contributed by atoms with E-state index in [0.717, 1.165) is 77.0 Å². The summed E-state index contributed by atoms with van der Waals surface area (Å²) in [7, 11) is 0. The Balaban J connectivity index is 1.35. The minimum absolute atomic E-state index is 0.00729. The third-order valence-corrected chi connectivity index (χ3v) is 12.8. The molecule has 5 fully saturated rings. The van der Waals surface area contributed by atoms with Crippen molar-refractivity contribution < 1.29 is 33.8 Å². The van der Waals surface area contributed by atoms with Gasteiger partial charge in [0.15, 0.2) is 0 Å². The van der Waals surface area contributed by atoms with Gasteiger partial charge >= 0.3 is 11.9 Å². The molecule has 3 N–H and O–H groups in total. The van der Waals surface area contributed by atoms with Gasteiger partial charge in [-0.05, 0) is 109 Å². The minimum atomic E-state index is -0.705. The van der Waals surface area contributed by atoms with Crippen LogP contribution >= 0.6 is 0 Å². The van der Waals surface area contributed by atoms with Crippen LogP contribution in [0.5, 0.6) is 0 Å². The SMILES string of the molecule is CCC(C)(C)C(=O)O[C@H]1CCC[C@H]2CC[C@H](C(=O)NC3C(C)CCC[C@@H]3C(=O)NC3CCCCC3)[C@@H](CC[C@@H]3C[C@@H](O)CC(=O)O3)[C@H]21. The Morgan fingerprint density at radius 1 is 0.872 bits per heavy atom. The van der Waals surface area contributed by atoms with Gasteiger partial charge in [-0.3, -0.25) is 19.2 Å². The lowest BCUT2D eigenvalue weighted by Crippen LogP contribution is -2.56. The summed E-state index contributed by atoms with van der Waals surface area (Å²) >= 11 is 0. The van der Waals surface area contributed by atoms with Crippen LogP contribution in [0.15, 0.2) is 0 Å². The number of aliphatic hydroxyl groups is 1. The lowest BCUT2D eigenvalue weighted by molar-refractivity contribution is -0.173. The molecular formula is C38H62N2O7. The number of hydrogen-bond acceptors (Lipinski definition) is 7. The molecular weight excluding hydrogens is 596 g/mol. The van der Waals surface area contributed by atoms with Crippen molar-refractivity contribution >= 4 is 23.8 Å². The number of hydrogen-bond donors (Lipinski definition) is 3. The molecule has 47 heavy (non-hydrogen) atoms. The van der Waals surface area contributed by atoms with Gasteiger partial charge in [0.1, 0.15) is 12.2 Å². The van der Waals surface area contributed by atoms with E-state index < -0.39 is 11.5 Å². The van der Waals surface area contributed by atoms with Crippen LogP contribution in [0, 0.1) is 40.9 Å². The van der Waals surface area contributed by atoms with Crippen molar-refractivity contribution in [1.29, 1.82) is 0 Å². The zero-order chi connectivity index (χ0) is 33.7. The van der Waals surface area contributed by atoms with E-state index in [1.54, 1.807) is 0 Å². The Morgan fingerprint density at radius 2 is 1.60 bits per heavy atom. The molecule has 4 aliphatic carbocycles. The largest absolute Gasteiger partial charge is 0.462 e. The Morgan fingerprint density at radius 3 is 2.32 bits per heavy atom. The molecule has 5 aliphatic rings.